The second kappa shape index (κ2) is 3.46. The second-order valence-electron chi connectivity index (χ2n) is 3.81. The SMILES string of the molecule is c1cnc(-c2n[nH]c3c2CCCC3)nc1. The average Bonchev–Trinajstić information content (AvgIpc) is 2.74. The van der Waals surface area contributed by atoms with Gasteiger partial charge in [-0.3, -0.25) is 5.10 Å². The van der Waals surface area contributed by atoms with E-state index in [9.17, 15) is 0 Å². The molecule has 0 unspecified atom stereocenters. The van der Waals surface area contributed by atoms with Gasteiger partial charge in [0, 0.05) is 23.7 Å². The molecule has 0 fully saturated rings. The van der Waals surface area contributed by atoms with Crippen LogP contribution in [0.5, 0.6) is 0 Å². The number of hydrogen-bond acceptors (Lipinski definition) is 3. The van der Waals surface area contributed by atoms with E-state index in [1.807, 2.05) is 6.07 Å². The van der Waals surface area contributed by atoms with E-state index in [1.54, 1.807) is 12.4 Å². The number of nitrogens with one attached hydrogen (secondary N) is 1. The summed E-state index contributed by atoms with van der Waals surface area (Å²) >= 11 is 0. The Hall–Kier alpha value is -1.71. The lowest BCUT2D eigenvalue weighted by Crippen LogP contribution is -2.01. The molecule has 0 saturated carbocycles. The molecule has 0 radical (unpaired) electrons. The number of fused-ring (bicyclic) bond motifs is 1. The van der Waals surface area contributed by atoms with Crippen molar-refractivity contribution in [2.24, 2.45) is 0 Å². The quantitative estimate of drug-likeness (QED) is 0.763. The first-order chi connectivity index (χ1) is 7.45. The third kappa shape index (κ3) is 1.42. The van der Waals surface area contributed by atoms with Gasteiger partial charge < -0.3 is 0 Å². The van der Waals surface area contributed by atoms with Crippen molar-refractivity contribution in [1.29, 1.82) is 0 Å². The Morgan fingerprint density at radius 3 is 2.73 bits per heavy atom. The van der Waals surface area contributed by atoms with Crippen LogP contribution in [-0.2, 0) is 12.8 Å². The predicted molar refractivity (Wildman–Crippen MR) is 56.3 cm³/mol. The highest BCUT2D eigenvalue weighted by atomic mass is 15.1. The molecular formula is C11H12N4. The van der Waals surface area contributed by atoms with Crippen LogP contribution < -0.4 is 0 Å². The van der Waals surface area contributed by atoms with E-state index in [-0.39, 0.29) is 0 Å². The zero-order valence-corrected chi connectivity index (χ0v) is 8.40. The highest BCUT2D eigenvalue weighted by Gasteiger charge is 2.18. The highest BCUT2D eigenvalue weighted by molar-refractivity contribution is 5.56. The van der Waals surface area contributed by atoms with E-state index < -0.39 is 0 Å². The minimum Gasteiger partial charge on any atom is -0.282 e. The van der Waals surface area contributed by atoms with Crippen LogP contribution in [0.4, 0.5) is 0 Å². The number of aromatic amines is 1. The third-order valence-corrected chi connectivity index (χ3v) is 2.83. The predicted octanol–water partition coefficient (Wildman–Crippen LogP) is 1.75. The maximum atomic E-state index is 4.32. The highest BCUT2D eigenvalue weighted by Crippen LogP contribution is 2.26. The Bertz CT molecular complexity index is 461. The van der Waals surface area contributed by atoms with Crippen molar-refractivity contribution in [2.45, 2.75) is 25.7 Å². The number of rotatable bonds is 1. The summed E-state index contributed by atoms with van der Waals surface area (Å²) in [5.41, 5.74) is 3.52. The standard InChI is InChI=1S/C11H12N4/c1-2-5-9-8(4-1)10(15-14-9)11-12-6-3-7-13-11/h3,6-7H,1-2,4-5H2,(H,14,15). The van der Waals surface area contributed by atoms with Gasteiger partial charge in [0.25, 0.3) is 0 Å². The first-order valence-corrected chi connectivity index (χ1v) is 5.28. The van der Waals surface area contributed by atoms with Gasteiger partial charge in [-0.25, -0.2) is 9.97 Å². The number of aryl methyl sites for hydroxylation is 1. The minimum absolute atomic E-state index is 0.733. The van der Waals surface area contributed by atoms with Gasteiger partial charge >= 0.3 is 0 Å². The molecule has 2 aromatic heterocycles. The summed E-state index contributed by atoms with van der Waals surface area (Å²) in [5.74, 6) is 0.733. The van der Waals surface area contributed by atoms with Crippen LogP contribution in [0.15, 0.2) is 18.5 Å². The molecule has 1 aliphatic rings. The Kier molecular flexibility index (Phi) is 1.98. The third-order valence-electron chi connectivity index (χ3n) is 2.83. The molecule has 0 saturated heterocycles. The molecule has 0 amide bonds. The summed E-state index contributed by atoms with van der Waals surface area (Å²) in [7, 11) is 0. The van der Waals surface area contributed by atoms with Crippen LogP contribution in [0.25, 0.3) is 11.5 Å². The van der Waals surface area contributed by atoms with Crippen LogP contribution in [0.3, 0.4) is 0 Å². The van der Waals surface area contributed by atoms with Crippen LogP contribution in [0.1, 0.15) is 24.1 Å². The smallest absolute Gasteiger partial charge is 0.180 e. The zero-order valence-electron chi connectivity index (χ0n) is 8.40. The minimum atomic E-state index is 0.733. The Labute approximate surface area is 87.8 Å². The van der Waals surface area contributed by atoms with Crippen LogP contribution >= 0.6 is 0 Å². The molecule has 76 valence electrons. The molecule has 0 spiro atoms. The zero-order chi connectivity index (χ0) is 10.1. The summed E-state index contributed by atoms with van der Waals surface area (Å²) in [5, 5.41) is 7.41. The molecule has 3 rings (SSSR count). The van der Waals surface area contributed by atoms with Crippen molar-refractivity contribution in [1.82, 2.24) is 20.2 Å². The largest absolute Gasteiger partial charge is 0.282 e. The van der Waals surface area contributed by atoms with Gasteiger partial charge in [-0.05, 0) is 31.7 Å². The lowest BCUT2D eigenvalue weighted by Gasteiger charge is -2.10. The van der Waals surface area contributed by atoms with Crippen molar-refractivity contribution in [3.05, 3.63) is 29.7 Å². The fourth-order valence-corrected chi connectivity index (χ4v) is 2.09. The van der Waals surface area contributed by atoms with E-state index >= 15 is 0 Å². The van der Waals surface area contributed by atoms with Crippen molar-refractivity contribution in [3.8, 4) is 11.5 Å². The molecule has 0 bridgehead atoms. The molecule has 0 aliphatic heterocycles. The van der Waals surface area contributed by atoms with Crippen LogP contribution in [-0.4, -0.2) is 20.2 Å². The average molecular weight is 200 g/mol. The molecule has 0 atom stereocenters. The van der Waals surface area contributed by atoms with Crippen molar-refractivity contribution in [3.63, 3.8) is 0 Å². The van der Waals surface area contributed by atoms with Gasteiger partial charge in [0.2, 0.25) is 0 Å². The van der Waals surface area contributed by atoms with E-state index in [0.717, 1.165) is 24.4 Å². The van der Waals surface area contributed by atoms with Gasteiger partial charge in [0.05, 0.1) is 0 Å². The normalized spacial score (nSPS) is 14.9. The first-order valence-electron chi connectivity index (χ1n) is 5.28. The topological polar surface area (TPSA) is 54.5 Å². The Balaban J connectivity index is 2.09. The fourth-order valence-electron chi connectivity index (χ4n) is 2.09. The first kappa shape index (κ1) is 8.59. The summed E-state index contributed by atoms with van der Waals surface area (Å²) < 4.78 is 0. The van der Waals surface area contributed by atoms with Gasteiger partial charge in [-0.15, -0.1) is 0 Å². The number of H-pyrrole nitrogens is 1. The van der Waals surface area contributed by atoms with E-state index in [1.165, 1.54) is 24.1 Å². The van der Waals surface area contributed by atoms with E-state index in [4.69, 9.17) is 0 Å². The van der Waals surface area contributed by atoms with Gasteiger partial charge in [-0.1, -0.05) is 0 Å². The monoisotopic (exact) mass is 200 g/mol. The van der Waals surface area contributed by atoms with Crippen molar-refractivity contribution < 1.29 is 0 Å². The van der Waals surface area contributed by atoms with Crippen LogP contribution in [0.2, 0.25) is 0 Å². The summed E-state index contributed by atoms with van der Waals surface area (Å²) in [6, 6.07) is 1.82. The molecule has 4 nitrogen and oxygen atoms in total. The summed E-state index contributed by atoms with van der Waals surface area (Å²) in [6.45, 7) is 0. The number of nitrogens with zero attached hydrogens (tertiary/aromatic N) is 3. The lowest BCUT2D eigenvalue weighted by atomic mass is 9.96. The maximum absolute atomic E-state index is 4.32. The summed E-state index contributed by atoms with van der Waals surface area (Å²) in [6.07, 6.45) is 8.21. The van der Waals surface area contributed by atoms with Crippen LogP contribution in [0, 0.1) is 0 Å². The molecule has 2 heterocycles. The Morgan fingerprint density at radius 2 is 1.87 bits per heavy atom. The van der Waals surface area contributed by atoms with E-state index in [0.29, 0.717) is 0 Å². The fraction of sp³-hybridized carbons (Fsp3) is 0.364. The van der Waals surface area contributed by atoms with Crippen molar-refractivity contribution >= 4 is 0 Å². The molecule has 15 heavy (non-hydrogen) atoms. The van der Waals surface area contributed by atoms with Crippen molar-refractivity contribution in [2.75, 3.05) is 0 Å². The van der Waals surface area contributed by atoms with E-state index in [2.05, 4.69) is 20.2 Å². The van der Waals surface area contributed by atoms with Gasteiger partial charge in [0.15, 0.2) is 5.82 Å². The van der Waals surface area contributed by atoms with Gasteiger partial charge in [0.1, 0.15) is 5.69 Å². The Morgan fingerprint density at radius 1 is 1.07 bits per heavy atom. The second-order valence-corrected chi connectivity index (χ2v) is 3.81. The maximum Gasteiger partial charge on any atom is 0.180 e. The molecule has 1 N–H and O–H groups in total. The molecular weight excluding hydrogens is 188 g/mol. The molecule has 1 aliphatic carbocycles. The molecule has 4 heteroatoms. The molecule has 0 aromatic carbocycles. The number of hydrogen-bond donors (Lipinski definition) is 1. The van der Waals surface area contributed by atoms with Gasteiger partial charge in [-0.2, -0.15) is 5.10 Å². The lowest BCUT2D eigenvalue weighted by molar-refractivity contribution is 0.675. The summed E-state index contributed by atoms with van der Waals surface area (Å²) in [4.78, 5) is 8.47. The molecule has 2 aromatic rings. The number of aromatic nitrogens is 4.